The smallest absolute Gasteiger partial charge is 0.255 e. The lowest BCUT2D eigenvalue weighted by atomic mass is 10.2. The topological polar surface area (TPSA) is 58.2 Å². The Morgan fingerprint density at radius 3 is 2.36 bits per heavy atom. The fourth-order valence-corrected chi connectivity index (χ4v) is 2.03. The molecule has 0 radical (unpaired) electrons. The van der Waals surface area contributed by atoms with Gasteiger partial charge in [-0.15, -0.1) is 0 Å². The van der Waals surface area contributed by atoms with Crippen LogP contribution in [0.3, 0.4) is 0 Å². The SMILES string of the molecule is CC(=O)Nc1cc(NC(=O)c2ccc(Cl)c(Cl)c2)ccc1F. The molecule has 2 aromatic rings. The van der Waals surface area contributed by atoms with Crippen molar-refractivity contribution in [3.63, 3.8) is 0 Å². The van der Waals surface area contributed by atoms with Crippen LogP contribution in [0.15, 0.2) is 36.4 Å². The first kappa shape index (κ1) is 16.3. The summed E-state index contributed by atoms with van der Waals surface area (Å²) in [5.41, 5.74) is 0.625. The summed E-state index contributed by atoms with van der Waals surface area (Å²) in [5, 5.41) is 5.52. The second kappa shape index (κ2) is 6.77. The molecule has 0 fully saturated rings. The minimum absolute atomic E-state index is 0.0144. The zero-order valence-corrected chi connectivity index (χ0v) is 12.9. The Labute approximate surface area is 136 Å². The Balaban J connectivity index is 2.21. The van der Waals surface area contributed by atoms with Gasteiger partial charge in [0.15, 0.2) is 0 Å². The Bertz CT molecular complexity index is 750. The number of carbonyl (C=O) groups is 2. The van der Waals surface area contributed by atoms with Crippen molar-refractivity contribution in [3.8, 4) is 0 Å². The lowest BCUT2D eigenvalue weighted by molar-refractivity contribution is -0.114. The molecule has 0 unspecified atom stereocenters. The third-order valence-corrected chi connectivity index (χ3v) is 3.46. The molecule has 0 aliphatic carbocycles. The standard InChI is InChI=1S/C15H11Cl2FN2O2/c1-8(21)19-14-7-10(3-5-13(14)18)20-15(22)9-2-4-11(16)12(17)6-9/h2-7H,1H3,(H,19,21)(H,20,22). The van der Waals surface area contributed by atoms with Crippen molar-refractivity contribution < 1.29 is 14.0 Å². The molecule has 0 aliphatic rings. The Hall–Kier alpha value is -2.11. The largest absolute Gasteiger partial charge is 0.324 e. The number of carbonyl (C=O) groups excluding carboxylic acids is 2. The zero-order chi connectivity index (χ0) is 16.3. The third-order valence-electron chi connectivity index (χ3n) is 2.72. The number of hydrogen-bond donors (Lipinski definition) is 2. The molecule has 4 nitrogen and oxygen atoms in total. The van der Waals surface area contributed by atoms with Gasteiger partial charge in [0.2, 0.25) is 5.91 Å². The molecule has 0 atom stereocenters. The molecule has 0 bridgehead atoms. The highest BCUT2D eigenvalue weighted by molar-refractivity contribution is 6.42. The van der Waals surface area contributed by atoms with Crippen molar-refractivity contribution in [2.75, 3.05) is 10.6 Å². The van der Waals surface area contributed by atoms with Gasteiger partial charge in [0.1, 0.15) is 5.82 Å². The van der Waals surface area contributed by atoms with E-state index in [4.69, 9.17) is 23.2 Å². The van der Waals surface area contributed by atoms with Crippen LogP contribution in [0, 0.1) is 5.82 Å². The van der Waals surface area contributed by atoms with Crippen LogP contribution in [0.4, 0.5) is 15.8 Å². The number of halogens is 3. The number of benzene rings is 2. The van der Waals surface area contributed by atoms with Crippen LogP contribution >= 0.6 is 23.2 Å². The van der Waals surface area contributed by atoms with E-state index >= 15 is 0 Å². The minimum atomic E-state index is -0.595. The Kier molecular flexibility index (Phi) is 5.00. The van der Waals surface area contributed by atoms with Gasteiger partial charge < -0.3 is 10.6 Å². The van der Waals surface area contributed by atoms with Gasteiger partial charge in [0.05, 0.1) is 15.7 Å². The van der Waals surface area contributed by atoms with Crippen molar-refractivity contribution in [2.45, 2.75) is 6.92 Å². The van der Waals surface area contributed by atoms with Crippen LogP contribution < -0.4 is 10.6 Å². The lowest BCUT2D eigenvalue weighted by Crippen LogP contribution is -2.13. The highest BCUT2D eigenvalue weighted by Crippen LogP contribution is 2.24. The van der Waals surface area contributed by atoms with Gasteiger partial charge in [-0.2, -0.15) is 0 Å². The van der Waals surface area contributed by atoms with E-state index < -0.39 is 17.6 Å². The molecular weight excluding hydrogens is 330 g/mol. The van der Waals surface area contributed by atoms with Crippen LogP contribution in [0.1, 0.15) is 17.3 Å². The van der Waals surface area contributed by atoms with Gasteiger partial charge >= 0.3 is 0 Å². The van der Waals surface area contributed by atoms with E-state index in [0.717, 1.165) is 6.07 Å². The van der Waals surface area contributed by atoms with Crippen LogP contribution in [-0.4, -0.2) is 11.8 Å². The molecule has 2 amide bonds. The van der Waals surface area contributed by atoms with Gasteiger partial charge in [0.25, 0.3) is 5.91 Å². The van der Waals surface area contributed by atoms with Crippen LogP contribution in [0.25, 0.3) is 0 Å². The van der Waals surface area contributed by atoms with E-state index in [1.807, 2.05) is 0 Å². The van der Waals surface area contributed by atoms with E-state index in [1.54, 1.807) is 0 Å². The van der Waals surface area contributed by atoms with E-state index in [9.17, 15) is 14.0 Å². The van der Waals surface area contributed by atoms with Crippen molar-refractivity contribution >= 4 is 46.4 Å². The molecular formula is C15H11Cl2FN2O2. The maximum Gasteiger partial charge on any atom is 0.255 e. The average Bonchev–Trinajstić information content (AvgIpc) is 2.45. The van der Waals surface area contributed by atoms with Crippen molar-refractivity contribution in [1.29, 1.82) is 0 Å². The van der Waals surface area contributed by atoms with Crippen LogP contribution in [-0.2, 0) is 4.79 Å². The average molecular weight is 341 g/mol. The van der Waals surface area contributed by atoms with Crippen molar-refractivity contribution in [1.82, 2.24) is 0 Å². The van der Waals surface area contributed by atoms with Crippen molar-refractivity contribution in [3.05, 3.63) is 57.8 Å². The summed E-state index contributed by atoms with van der Waals surface area (Å²) in [6, 6.07) is 8.31. The number of amides is 2. The summed E-state index contributed by atoms with van der Waals surface area (Å²) in [6.45, 7) is 1.26. The van der Waals surface area contributed by atoms with Gasteiger partial charge in [-0.3, -0.25) is 9.59 Å². The molecule has 114 valence electrons. The summed E-state index contributed by atoms with van der Waals surface area (Å²) in [6.07, 6.45) is 0. The quantitative estimate of drug-likeness (QED) is 0.872. The van der Waals surface area contributed by atoms with E-state index in [-0.39, 0.29) is 10.7 Å². The summed E-state index contributed by atoms with van der Waals surface area (Å²) in [5.74, 6) is -1.44. The molecule has 0 aromatic heterocycles. The maximum atomic E-state index is 13.5. The predicted octanol–water partition coefficient (Wildman–Crippen LogP) is 4.34. The van der Waals surface area contributed by atoms with Crippen molar-refractivity contribution in [2.24, 2.45) is 0 Å². The first-order valence-electron chi connectivity index (χ1n) is 6.20. The highest BCUT2D eigenvalue weighted by atomic mass is 35.5. The fourth-order valence-electron chi connectivity index (χ4n) is 1.73. The molecule has 0 saturated carbocycles. The summed E-state index contributed by atoms with van der Waals surface area (Å²) >= 11 is 11.6. The van der Waals surface area contributed by atoms with Gasteiger partial charge in [-0.1, -0.05) is 23.2 Å². The number of hydrogen-bond acceptors (Lipinski definition) is 2. The van der Waals surface area contributed by atoms with Gasteiger partial charge in [0, 0.05) is 18.2 Å². The fraction of sp³-hybridized carbons (Fsp3) is 0.0667. The number of anilines is 2. The second-order valence-electron chi connectivity index (χ2n) is 4.46. The van der Waals surface area contributed by atoms with Crippen LogP contribution in [0.5, 0.6) is 0 Å². The molecule has 2 aromatic carbocycles. The zero-order valence-electron chi connectivity index (χ0n) is 11.4. The Morgan fingerprint density at radius 1 is 1.00 bits per heavy atom. The molecule has 22 heavy (non-hydrogen) atoms. The molecule has 2 N–H and O–H groups in total. The molecule has 0 saturated heterocycles. The minimum Gasteiger partial charge on any atom is -0.324 e. The Morgan fingerprint density at radius 2 is 1.73 bits per heavy atom. The van der Waals surface area contributed by atoms with Gasteiger partial charge in [-0.05, 0) is 36.4 Å². The van der Waals surface area contributed by atoms with Gasteiger partial charge in [-0.25, -0.2) is 4.39 Å². The summed E-state index contributed by atoms with van der Waals surface area (Å²) < 4.78 is 13.5. The maximum absolute atomic E-state index is 13.5. The summed E-state index contributed by atoms with van der Waals surface area (Å²) in [4.78, 5) is 23.1. The number of rotatable bonds is 3. The third kappa shape index (κ3) is 3.96. The molecule has 0 aliphatic heterocycles. The van der Waals surface area contributed by atoms with Crippen LogP contribution in [0.2, 0.25) is 10.0 Å². The summed E-state index contributed by atoms with van der Waals surface area (Å²) in [7, 11) is 0. The second-order valence-corrected chi connectivity index (χ2v) is 5.27. The molecule has 0 spiro atoms. The van der Waals surface area contributed by atoms with E-state index in [2.05, 4.69) is 10.6 Å². The normalized spacial score (nSPS) is 10.2. The number of nitrogens with one attached hydrogen (secondary N) is 2. The predicted molar refractivity (Wildman–Crippen MR) is 85.1 cm³/mol. The lowest BCUT2D eigenvalue weighted by Gasteiger charge is -2.09. The highest BCUT2D eigenvalue weighted by Gasteiger charge is 2.10. The first-order chi connectivity index (χ1) is 10.4. The molecule has 7 heteroatoms. The molecule has 0 heterocycles. The van der Waals surface area contributed by atoms with E-state index in [0.29, 0.717) is 16.3 Å². The van der Waals surface area contributed by atoms with E-state index in [1.165, 1.54) is 37.3 Å². The monoisotopic (exact) mass is 340 g/mol. The molecule has 2 rings (SSSR count). The first-order valence-corrected chi connectivity index (χ1v) is 6.96.